The van der Waals surface area contributed by atoms with Crippen LogP contribution in [-0.4, -0.2) is 47.8 Å². The molecular weight excluding hydrogens is 524 g/mol. The molecule has 0 atom stereocenters. The number of piperazine rings is 1. The molecule has 0 aromatic carbocycles. The topological polar surface area (TPSA) is 40.6 Å². The molecule has 0 spiro atoms. The van der Waals surface area contributed by atoms with Crippen LogP contribution >= 0.6 is 0 Å². The predicted octanol–water partition coefficient (Wildman–Crippen LogP) is -0.680. The Morgan fingerprint density at radius 3 is 1.14 bits per heavy atom. The van der Waals surface area contributed by atoms with Crippen molar-refractivity contribution in [2.45, 2.75) is 0 Å². The van der Waals surface area contributed by atoms with E-state index in [-0.39, 0.29) is 53.9 Å². The molecule has 0 radical (unpaired) electrons. The summed E-state index contributed by atoms with van der Waals surface area (Å²) in [4.78, 5) is 24.8. The molecule has 4 nitrogen and oxygen atoms in total. The molecule has 0 aromatic rings. The van der Waals surface area contributed by atoms with Gasteiger partial charge in [-0.25, -0.2) is 0 Å². The molecule has 0 N–H and O–H groups in total. The Morgan fingerprint density at radius 1 is 0.786 bits per heavy atom. The van der Waals surface area contributed by atoms with Crippen molar-refractivity contribution in [2.24, 2.45) is 0 Å². The molecule has 1 fully saturated rings. The maximum absolute atomic E-state index is 10.8. The van der Waals surface area contributed by atoms with Crippen LogP contribution in [-0.2, 0) is 51.7 Å². The fraction of sp³-hybridized carbons (Fsp3) is 0.500. The largest absolute Gasteiger partial charge is 0.364 e. The molecule has 6 heteroatoms. The van der Waals surface area contributed by atoms with E-state index in [0.29, 0.717) is 26.2 Å². The summed E-state index contributed by atoms with van der Waals surface area (Å²) in [5.41, 5.74) is 0. The normalized spacial score (nSPS) is 15.1. The van der Waals surface area contributed by atoms with Gasteiger partial charge in [0, 0.05) is 68.3 Å². The molecule has 0 saturated carbocycles. The molecule has 2 amide bonds. The molecular formula is C8H12N2O2W2-2. The van der Waals surface area contributed by atoms with Crippen LogP contribution in [0.1, 0.15) is 0 Å². The Balaban J connectivity index is 0. The Bertz CT molecular complexity index is 182. The van der Waals surface area contributed by atoms with E-state index < -0.39 is 0 Å². The molecule has 1 aliphatic heterocycles. The van der Waals surface area contributed by atoms with E-state index in [1.165, 1.54) is 0 Å². The average molecular weight is 536 g/mol. The molecule has 1 rings (SSSR count). The number of amides is 2. The zero-order chi connectivity index (χ0) is 9.14. The monoisotopic (exact) mass is 536 g/mol. The van der Waals surface area contributed by atoms with Crippen LogP contribution in [0.15, 0.2) is 0 Å². The minimum absolute atomic E-state index is 0. The van der Waals surface area contributed by atoms with E-state index in [9.17, 15) is 9.59 Å². The van der Waals surface area contributed by atoms with Crippen LogP contribution in [0.3, 0.4) is 0 Å². The Morgan fingerprint density at radius 2 is 1.00 bits per heavy atom. The van der Waals surface area contributed by atoms with Gasteiger partial charge < -0.3 is 33.2 Å². The standard InChI is InChI=1S/C8H12N2O2.2W/c1-7(11)9-3-5-10(6-4-9)8(2)12;;/h1-6H2;;/q-2;;. The number of hydrogen-bond donors (Lipinski definition) is 0. The molecule has 0 aromatic heterocycles. The van der Waals surface area contributed by atoms with Gasteiger partial charge in [0.2, 0.25) is 0 Å². The van der Waals surface area contributed by atoms with Crippen molar-refractivity contribution in [3.05, 3.63) is 13.8 Å². The summed E-state index contributed by atoms with van der Waals surface area (Å²) >= 11 is 0. The molecule has 0 bridgehead atoms. The zero-order valence-corrected chi connectivity index (χ0v) is 13.6. The van der Waals surface area contributed by atoms with Crippen LogP contribution in [0.2, 0.25) is 0 Å². The maximum Gasteiger partial charge on any atom is 0.0824 e. The Hall–Kier alpha value is 0.0566. The van der Waals surface area contributed by atoms with Crippen molar-refractivity contribution in [1.82, 2.24) is 9.80 Å². The van der Waals surface area contributed by atoms with Crippen LogP contribution < -0.4 is 0 Å². The summed E-state index contributed by atoms with van der Waals surface area (Å²) < 4.78 is 0. The number of hydrogen-bond acceptors (Lipinski definition) is 2. The Labute approximate surface area is 113 Å². The first-order valence-corrected chi connectivity index (χ1v) is 3.83. The van der Waals surface area contributed by atoms with E-state index in [2.05, 4.69) is 13.8 Å². The SMILES string of the molecule is [CH2-]C(=O)N1CCN(C([CH2-])=O)CC1.[W].[W]. The summed E-state index contributed by atoms with van der Waals surface area (Å²) in [7, 11) is 0. The molecule has 1 saturated heterocycles. The fourth-order valence-corrected chi connectivity index (χ4v) is 1.21. The van der Waals surface area contributed by atoms with Gasteiger partial charge in [0.1, 0.15) is 0 Å². The van der Waals surface area contributed by atoms with E-state index in [4.69, 9.17) is 0 Å². The van der Waals surface area contributed by atoms with Gasteiger partial charge in [0.15, 0.2) is 0 Å². The third kappa shape index (κ3) is 4.52. The molecule has 80 valence electrons. The Kier molecular flexibility index (Phi) is 8.67. The summed E-state index contributed by atoms with van der Waals surface area (Å²) in [6, 6.07) is 0. The molecule has 0 aliphatic carbocycles. The van der Waals surface area contributed by atoms with Crippen LogP contribution in [0.5, 0.6) is 0 Å². The van der Waals surface area contributed by atoms with Crippen molar-refractivity contribution >= 4 is 11.8 Å². The summed E-state index contributed by atoms with van der Waals surface area (Å²) in [6.45, 7) is 8.89. The first-order valence-electron chi connectivity index (χ1n) is 3.83. The van der Waals surface area contributed by atoms with Crippen LogP contribution in [0, 0.1) is 13.8 Å². The smallest absolute Gasteiger partial charge is 0.0824 e. The average Bonchev–Trinajstić information content (AvgIpc) is 2.04. The first-order chi connectivity index (χ1) is 5.61. The van der Waals surface area contributed by atoms with E-state index in [1.54, 1.807) is 9.80 Å². The summed E-state index contributed by atoms with van der Waals surface area (Å²) in [5, 5.41) is 0. The van der Waals surface area contributed by atoms with Gasteiger partial charge in [-0.2, -0.15) is 0 Å². The first kappa shape index (κ1) is 16.5. The number of nitrogens with zero attached hydrogens (tertiary/aromatic N) is 2. The number of rotatable bonds is 0. The minimum Gasteiger partial charge on any atom is -0.364 e. The van der Waals surface area contributed by atoms with Crippen LogP contribution in [0.25, 0.3) is 0 Å². The molecule has 0 unspecified atom stereocenters. The minimum atomic E-state index is -0.175. The van der Waals surface area contributed by atoms with Gasteiger partial charge in [-0.3, -0.25) is 0 Å². The van der Waals surface area contributed by atoms with Gasteiger partial charge in [0.05, 0.1) is 11.8 Å². The second-order valence-corrected chi connectivity index (χ2v) is 2.76. The fourth-order valence-electron chi connectivity index (χ4n) is 1.21. The van der Waals surface area contributed by atoms with Crippen molar-refractivity contribution < 1.29 is 51.7 Å². The molecule has 1 aliphatic rings. The van der Waals surface area contributed by atoms with Crippen molar-refractivity contribution in [3.8, 4) is 0 Å². The van der Waals surface area contributed by atoms with Gasteiger partial charge in [0.25, 0.3) is 0 Å². The zero-order valence-electron chi connectivity index (χ0n) is 7.77. The second kappa shape index (κ2) is 7.36. The van der Waals surface area contributed by atoms with Gasteiger partial charge in [-0.1, -0.05) is 0 Å². The number of carbonyl (C=O) groups excluding carboxylic acids is 2. The van der Waals surface area contributed by atoms with Gasteiger partial charge >= 0.3 is 0 Å². The predicted molar refractivity (Wildman–Crippen MR) is 43.9 cm³/mol. The number of carbonyl (C=O) groups is 2. The maximum atomic E-state index is 10.8. The third-order valence-corrected chi connectivity index (χ3v) is 1.99. The van der Waals surface area contributed by atoms with E-state index in [0.717, 1.165) is 0 Å². The second-order valence-electron chi connectivity index (χ2n) is 2.76. The summed E-state index contributed by atoms with van der Waals surface area (Å²) in [5.74, 6) is -0.350. The molecule has 14 heavy (non-hydrogen) atoms. The van der Waals surface area contributed by atoms with Crippen molar-refractivity contribution in [2.75, 3.05) is 26.2 Å². The quantitative estimate of drug-likeness (QED) is 0.386. The molecule has 1 heterocycles. The van der Waals surface area contributed by atoms with Crippen molar-refractivity contribution in [3.63, 3.8) is 0 Å². The van der Waals surface area contributed by atoms with Gasteiger partial charge in [-0.15, -0.1) is 0 Å². The summed E-state index contributed by atoms with van der Waals surface area (Å²) in [6.07, 6.45) is 0. The van der Waals surface area contributed by atoms with Crippen LogP contribution in [0.4, 0.5) is 0 Å². The van der Waals surface area contributed by atoms with Gasteiger partial charge in [-0.05, 0) is 0 Å². The van der Waals surface area contributed by atoms with E-state index in [1.807, 2.05) is 0 Å². The van der Waals surface area contributed by atoms with Crippen molar-refractivity contribution in [1.29, 1.82) is 0 Å². The van der Waals surface area contributed by atoms with E-state index >= 15 is 0 Å². The third-order valence-electron chi connectivity index (χ3n) is 1.99.